The Kier molecular flexibility index (Phi) is 6.55. The van der Waals surface area contributed by atoms with Crippen LogP contribution in [-0.2, 0) is 19.6 Å². The number of hydrogen-bond acceptors (Lipinski definition) is 6. The minimum absolute atomic E-state index is 0.208. The van der Waals surface area contributed by atoms with E-state index < -0.39 is 27.9 Å². The zero-order valence-corrected chi connectivity index (χ0v) is 15.5. The summed E-state index contributed by atoms with van der Waals surface area (Å²) in [5.74, 6) is -1.99. The first-order valence-electron chi connectivity index (χ1n) is 8.20. The molecule has 0 radical (unpaired) electrons. The van der Waals surface area contributed by atoms with Crippen LogP contribution < -0.4 is 5.32 Å². The van der Waals surface area contributed by atoms with Crippen LogP contribution >= 0.6 is 0 Å². The van der Waals surface area contributed by atoms with Gasteiger partial charge in [0, 0.05) is 32.4 Å². The number of benzene rings is 1. The molecule has 1 amide bonds. The molecule has 1 unspecified atom stereocenters. The summed E-state index contributed by atoms with van der Waals surface area (Å²) in [5.41, 5.74) is -0.234. The maximum absolute atomic E-state index is 12.6. The number of nitrogens with zero attached hydrogens (tertiary/aromatic N) is 3. The zero-order valence-electron chi connectivity index (χ0n) is 14.7. The standard InChI is InChI=1S/C17H20N4O5S/c1-13(17(23)24)19-16(22)14(11-18)12-20-7-9-21(10-8-20)27(25,26)15-5-3-2-4-6-15/h2-6,12-13H,7-10H2,1H3,(H,19,22)(H,23,24)/b14-12-. The fraction of sp³-hybridized carbons (Fsp3) is 0.353. The van der Waals surface area contributed by atoms with Crippen LogP contribution in [0.4, 0.5) is 0 Å². The Morgan fingerprint density at radius 3 is 2.33 bits per heavy atom. The molecule has 1 aliphatic rings. The summed E-state index contributed by atoms with van der Waals surface area (Å²) in [6.07, 6.45) is 1.33. The summed E-state index contributed by atoms with van der Waals surface area (Å²) in [5, 5.41) is 20.2. The smallest absolute Gasteiger partial charge is 0.325 e. The number of nitrogens with one attached hydrogen (secondary N) is 1. The van der Waals surface area contributed by atoms with Crippen molar-refractivity contribution in [2.24, 2.45) is 0 Å². The largest absolute Gasteiger partial charge is 0.480 e. The Bertz CT molecular complexity index is 868. The molecule has 1 aromatic rings. The molecule has 0 spiro atoms. The van der Waals surface area contributed by atoms with Gasteiger partial charge in [0.15, 0.2) is 0 Å². The van der Waals surface area contributed by atoms with Gasteiger partial charge in [0.1, 0.15) is 17.7 Å². The molecule has 144 valence electrons. The van der Waals surface area contributed by atoms with Gasteiger partial charge in [-0.05, 0) is 19.1 Å². The summed E-state index contributed by atoms with van der Waals surface area (Å²) in [6.45, 7) is 2.32. The summed E-state index contributed by atoms with van der Waals surface area (Å²) in [7, 11) is -3.58. The summed E-state index contributed by atoms with van der Waals surface area (Å²) >= 11 is 0. The number of carbonyl (C=O) groups excluding carboxylic acids is 1. The van der Waals surface area contributed by atoms with Crippen molar-refractivity contribution in [3.8, 4) is 6.07 Å². The quantitative estimate of drug-likeness (QED) is 0.514. The van der Waals surface area contributed by atoms with Crippen molar-refractivity contribution in [2.75, 3.05) is 26.2 Å². The number of carbonyl (C=O) groups is 2. The Hall–Kier alpha value is -2.90. The minimum atomic E-state index is -3.58. The van der Waals surface area contributed by atoms with E-state index in [-0.39, 0.29) is 23.6 Å². The lowest BCUT2D eigenvalue weighted by atomic mass is 10.2. The van der Waals surface area contributed by atoms with Crippen LogP contribution in [0.5, 0.6) is 0 Å². The lowest BCUT2D eigenvalue weighted by Crippen LogP contribution is -2.47. The van der Waals surface area contributed by atoms with Crippen molar-refractivity contribution < 1.29 is 23.1 Å². The van der Waals surface area contributed by atoms with E-state index in [1.165, 1.54) is 29.6 Å². The highest BCUT2D eigenvalue weighted by Gasteiger charge is 2.28. The molecule has 0 bridgehead atoms. The lowest BCUT2D eigenvalue weighted by molar-refractivity contribution is -0.140. The van der Waals surface area contributed by atoms with Crippen molar-refractivity contribution in [3.63, 3.8) is 0 Å². The molecule has 27 heavy (non-hydrogen) atoms. The predicted molar refractivity (Wildman–Crippen MR) is 95.7 cm³/mol. The summed E-state index contributed by atoms with van der Waals surface area (Å²) in [4.78, 5) is 24.6. The average Bonchev–Trinajstić information content (AvgIpc) is 2.66. The molecule has 1 heterocycles. The van der Waals surface area contributed by atoms with Crippen LogP contribution in [0, 0.1) is 11.3 Å². The first kappa shape index (κ1) is 20.4. The maximum Gasteiger partial charge on any atom is 0.325 e. The molecule has 10 heteroatoms. The molecule has 1 saturated heterocycles. The normalized spacial score (nSPS) is 17.0. The zero-order chi connectivity index (χ0) is 20.0. The highest BCUT2D eigenvalue weighted by Crippen LogP contribution is 2.17. The first-order chi connectivity index (χ1) is 12.8. The summed E-state index contributed by atoms with van der Waals surface area (Å²) < 4.78 is 26.5. The number of sulfonamides is 1. The minimum Gasteiger partial charge on any atom is -0.480 e. The van der Waals surface area contributed by atoms with Crippen LogP contribution in [0.15, 0.2) is 47.0 Å². The van der Waals surface area contributed by atoms with E-state index in [1.54, 1.807) is 29.2 Å². The monoisotopic (exact) mass is 392 g/mol. The number of amides is 1. The van der Waals surface area contributed by atoms with Gasteiger partial charge in [-0.2, -0.15) is 9.57 Å². The van der Waals surface area contributed by atoms with E-state index in [2.05, 4.69) is 5.32 Å². The lowest BCUT2D eigenvalue weighted by Gasteiger charge is -2.33. The number of carboxylic acids is 1. The van der Waals surface area contributed by atoms with E-state index >= 15 is 0 Å². The Morgan fingerprint density at radius 1 is 1.22 bits per heavy atom. The van der Waals surface area contributed by atoms with Gasteiger partial charge in [0.25, 0.3) is 5.91 Å². The number of aliphatic carboxylic acids is 1. The Morgan fingerprint density at radius 2 is 1.81 bits per heavy atom. The molecule has 1 aromatic carbocycles. The number of rotatable bonds is 6. The van der Waals surface area contributed by atoms with Crippen molar-refractivity contribution in [2.45, 2.75) is 17.9 Å². The highest BCUT2D eigenvalue weighted by molar-refractivity contribution is 7.89. The molecule has 2 N–H and O–H groups in total. The van der Waals surface area contributed by atoms with Gasteiger partial charge in [-0.25, -0.2) is 8.42 Å². The van der Waals surface area contributed by atoms with Crippen molar-refractivity contribution in [1.82, 2.24) is 14.5 Å². The molecule has 2 rings (SSSR count). The molecule has 1 fully saturated rings. The van der Waals surface area contributed by atoms with Crippen LogP contribution in [0.1, 0.15) is 6.92 Å². The second-order valence-corrected chi connectivity index (χ2v) is 7.88. The number of carboxylic acid groups (broad SMARTS) is 1. The van der Waals surface area contributed by atoms with Crippen LogP contribution in [0.2, 0.25) is 0 Å². The number of nitriles is 1. The first-order valence-corrected chi connectivity index (χ1v) is 9.64. The SMILES string of the molecule is CC(NC(=O)/C(C#N)=C\N1CCN(S(=O)(=O)c2ccccc2)CC1)C(=O)O. The second kappa shape index (κ2) is 8.66. The van der Waals surface area contributed by atoms with Crippen molar-refractivity contribution in [3.05, 3.63) is 42.1 Å². The van der Waals surface area contributed by atoms with Gasteiger partial charge in [0.2, 0.25) is 10.0 Å². The van der Waals surface area contributed by atoms with E-state index in [9.17, 15) is 18.0 Å². The third-order valence-corrected chi connectivity index (χ3v) is 5.96. The van der Waals surface area contributed by atoms with E-state index in [0.29, 0.717) is 13.1 Å². The Balaban J connectivity index is 2.02. The fourth-order valence-electron chi connectivity index (χ4n) is 2.47. The average molecular weight is 392 g/mol. The van der Waals surface area contributed by atoms with Crippen molar-refractivity contribution >= 4 is 21.9 Å². The molecule has 0 saturated carbocycles. The number of piperazine rings is 1. The van der Waals surface area contributed by atoms with Gasteiger partial charge in [-0.1, -0.05) is 18.2 Å². The molecular weight excluding hydrogens is 372 g/mol. The van der Waals surface area contributed by atoms with Crippen LogP contribution in [0.3, 0.4) is 0 Å². The molecule has 0 aromatic heterocycles. The molecule has 1 aliphatic heterocycles. The third-order valence-electron chi connectivity index (χ3n) is 4.05. The second-order valence-electron chi connectivity index (χ2n) is 5.94. The number of hydrogen-bond donors (Lipinski definition) is 2. The molecular formula is C17H20N4O5S. The molecule has 0 aliphatic carbocycles. The van der Waals surface area contributed by atoms with Gasteiger partial charge in [-0.3, -0.25) is 9.59 Å². The van der Waals surface area contributed by atoms with E-state index in [1.807, 2.05) is 0 Å². The Labute approximate surface area is 157 Å². The van der Waals surface area contributed by atoms with Gasteiger partial charge >= 0.3 is 5.97 Å². The van der Waals surface area contributed by atoms with Gasteiger partial charge in [-0.15, -0.1) is 0 Å². The highest BCUT2D eigenvalue weighted by atomic mass is 32.2. The maximum atomic E-state index is 12.6. The van der Waals surface area contributed by atoms with Crippen molar-refractivity contribution in [1.29, 1.82) is 5.26 Å². The fourth-order valence-corrected chi connectivity index (χ4v) is 3.91. The van der Waals surface area contributed by atoms with Crippen LogP contribution in [0.25, 0.3) is 0 Å². The van der Waals surface area contributed by atoms with Crippen LogP contribution in [-0.4, -0.2) is 66.8 Å². The third kappa shape index (κ3) is 5.06. The van der Waals surface area contributed by atoms with E-state index in [4.69, 9.17) is 10.4 Å². The molecule has 1 atom stereocenters. The summed E-state index contributed by atoms with van der Waals surface area (Å²) in [6, 6.07) is 8.73. The molecule has 9 nitrogen and oxygen atoms in total. The topological polar surface area (TPSA) is 131 Å². The van der Waals surface area contributed by atoms with Gasteiger partial charge < -0.3 is 15.3 Å². The van der Waals surface area contributed by atoms with E-state index in [0.717, 1.165) is 0 Å². The van der Waals surface area contributed by atoms with Gasteiger partial charge in [0.05, 0.1) is 4.90 Å². The predicted octanol–water partition coefficient (Wildman–Crippen LogP) is -0.0103.